The van der Waals surface area contributed by atoms with Crippen molar-refractivity contribution in [2.75, 3.05) is 0 Å². The molecule has 3 heteroatoms. The highest BCUT2D eigenvalue weighted by Crippen LogP contribution is 2.18. The first-order valence-corrected chi connectivity index (χ1v) is 5.66. The minimum Gasteiger partial charge on any atom is -0.324 e. The Kier molecular flexibility index (Phi) is 3.83. The first-order valence-electron chi connectivity index (χ1n) is 5.66. The molecule has 1 unspecified atom stereocenters. The van der Waals surface area contributed by atoms with Crippen LogP contribution in [0.25, 0.3) is 0 Å². The monoisotopic (exact) mass is 230 g/mol. The number of nitrogens with zero attached hydrogens (tertiary/aromatic N) is 1. The fourth-order valence-electron chi connectivity index (χ4n) is 1.81. The molecule has 1 heterocycles. The van der Waals surface area contributed by atoms with Crippen LogP contribution in [-0.2, 0) is 6.42 Å². The predicted molar refractivity (Wildman–Crippen MR) is 65.9 cm³/mol. The summed E-state index contributed by atoms with van der Waals surface area (Å²) in [4.78, 5) is 3.72. The average molecular weight is 230 g/mol. The van der Waals surface area contributed by atoms with Gasteiger partial charge in [0, 0.05) is 17.8 Å². The van der Waals surface area contributed by atoms with Gasteiger partial charge in [-0.05, 0) is 24.5 Å². The summed E-state index contributed by atoms with van der Waals surface area (Å²) >= 11 is 0. The van der Waals surface area contributed by atoms with E-state index in [0.717, 1.165) is 12.8 Å². The Morgan fingerprint density at radius 1 is 1.18 bits per heavy atom. The van der Waals surface area contributed by atoms with Crippen LogP contribution in [-0.4, -0.2) is 4.98 Å². The fraction of sp³-hybridized carbons (Fsp3) is 0.214. The number of aromatic nitrogens is 1. The van der Waals surface area contributed by atoms with E-state index in [4.69, 9.17) is 5.73 Å². The number of pyridine rings is 1. The predicted octanol–water partition coefficient (Wildman–Crippen LogP) is 2.85. The molecule has 0 spiro atoms. The van der Waals surface area contributed by atoms with E-state index in [1.807, 2.05) is 18.2 Å². The van der Waals surface area contributed by atoms with Crippen LogP contribution < -0.4 is 5.73 Å². The summed E-state index contributed by atoms with van der Waals surface area (Å²) in [6.45, 7) is 0. The van der Waals surface area contributed by atoms with E-state index in [2.05, 4.69) is 17.1 Å². The van der Waals surface area contributed by atoms with E-state index in [1.54, 1.807) is 12.3 Å². The molecule has 0 amide bonds. The molecule has 1 aromatic heterocycles. The van der Waals surface area contributed by atoms with Gasteiger partial charge in [0.25, 0.3) is 0 Å². The lowest BCUT2D eigenvalue weighted by Crippen LogP contribution is -2.13. The number of nitrogens with two attached hydrogens (primary N) is 1. The van der Waals surface area contributed by atoms with Gasteiger partial charge >= 0.3 is 0 Å². The van der Waals surface area contributed by atoms with Gasteiger partial charge in [0.2, 0.25) is 0 Å². The molecule has 1 atom stereocenters. The van der Waals surface area contributed by atoms with Gasteiger partial charge in [-0.1, -0.05) is 30.3 Å². The highest BCUT2D eigenvalue weighted by atomic mass is 19.1. The maximum Gasteiger partial charge on any atom is 0.146 e. The van der Waals surface area contributed by atoms with Crippen molar-refractivity contribution in [1.29, 1.82) is 0 Å². The lowest BCUT2D eigenvalue weighted by molar-refractivity contribution is 0.559. The Morgan fingerprint density at radius 3 is 2.65 bits per heavy atom. The number of aryl methyl sites for hydroxylation is 1. The molecule has 2 rings (SSSR count). The van der Waals surface area contributed by atoms with Crippen LogP contribution in [0.4, 0.5) is 4.39 Å². The lowest BCUT2D eigenvalue weighted by atomic mass is 10.0. The minimum atomic E-state index is -0.326. The summed E-state index contributed by atoms with van der Waals surface area (Å²) in [7, 11) is 0. The molecule has 88 valence electrons. The molecule has 2 aromatic rings. The topological polar surface area (TPSA) is 38.9 Å². The summed E-state index contributed by atoms with van der Waals surface area (Å²) in [5.41, 5.74) is 7.73. The van der Waals surface area contributed by atoms with Gasteiger partial charge in [0.05, 0.1) is 6.20 Å². The fourth-order valence-corrected chi connectivity index (χ4v) is 1.81. The first kappa shape index (κ1) is 11.7. The van der Waals surface area contributed by atoms with Crippen molar-refractivity contribution in [2.45, 2.75) is 18.9 Å². The maximum absolute atomic E-state index is 13.4. The molecule has 0 bridgehead atoms. The van der Waals surface area contributed by atoms with Gasteiger partial charge < -0.3 is 5.73 Å². The zero-order valence-electron chi connectivity index (χ0n) is 9.51. The standard InChI is InChI=1S/C14H15FN2/c15-13-10-17-9-8-12(13)14(16)7-6-11-4-2-1-3-5-11/h1-5,8-10,14H,6-7,16H2. The van der Waals surface area contributed by atoms with Crippen LogP contribution in [0.1, 0.15) is 23.6 Å². The number of halogens is 1. The third-order valence-corrected chi connectivity index (χ3v) is 2.79. The number of rotatable bonds is 4. The molecule has 0 saturated carbocycles. The Hall–Kier alpha value is -1.74. The molecule has 0 aliphatic carbocycles. The van der Waals surface area contributed by atoms with Crippen molar-refractivity contribution in [3.63, 3.8) is 0 Å². The lowest BCUT2D eigenvalue weighted by Gasteiger charge is -2.12. The number of benzene rings is 1. The number of hydrogen-bond acceptors (Lipinski definition) is 2. The van der Waals surface area contributed by atoms with Crippen molar-refractivity contribution >= 4 is 0 Å². The van der Waals surface area contributed by atoms with Gasteiger partial charge in [-0.25, -0.2) is 4.39 Å². The summed E-state index contributed by atoms with van der Waals surface area (Å²) in [6, 6.07) is 11.4. The Balaban J connectivity index is 1.99. The summed E-state index contributed by atoms with van der Waals surface area (Å²) in [6.07, 6.45) is 4.35. The second-order valence-corrected chi connectivity index (χ2v) is 4.03. The third-order valence-electron chi connectivity index (χ3n) is 2.79. The molecular weight excluding hydrogens is 215 g/mol. The highest BCUT2D eigenvalue weighted by Gasteiger charge is 2.10. The molecule has 0 aliphatic rings. The van der Waals surface area contributed by atoms with Crippen LogP contribution in [0.2, 0.25) is 0 Å². The van der Waals surface area contributed by atoms with Crippen LogP contribution in [0.5, 0.6) is 0 Å². The molecular formula is C14H15FN2. The van der Waals surface area contributed by atoms with Crippen molar-refractivity contribution in [2.24, 2.45) is 5.73 Å². The Labute approximate surface area is 100 Å². The van der Waals surface area contributed by atoms with Crippen molar-refractivity contribution in [3.05, 3.63) is 65.7 Å². The second-order valence-electron chi connectivity index (χ2n) is 4.03. The van der Waals surface area contributed by atoms with E-state index in [0.29, 0.717) is 5.56 Å². The SMILES string of the molecule is NC(CCc1ccccc1)c1ccncc1F. The summed E-state index contributed by atoms with van der Waals surface area (Å²) in [5, 5.41) is 0. The van der Waals surface area contributed by atoms with Crippen LogP contribution in [0.3, 0.4) is 0 Å². The third kappa shape index (κ3) is 3.11. The second kappa shape index (κ2) is 5.55. The average Bonchev–Trinajstić information content (AvgIpc) is 2.38. The molecule has 1 aromatic carbocycles. The summed E-state index contributed by atoms with van der Waals surface area (Å²) < 4.78 is 13.4. The van der Waals surface area contributed by atoms with Gasteiger partial charge in [-0.15, -0.1) is 0 Å². The maximum atomic E-state index is 13.4. The zero-order valence-corrected chi connectivity index (χ0v) is 9.51. The van der Waals surface area contributed by atoms with Crippen LogP contribution in [0, 0.1) is 5.82 Å². The Morgan fingerprint density at radius 2 is 1.94 bits per heavy atom. The molecule has 0 saturated heterocycles. The van der Waals surface area contributed by atoms with E-state index in [-0.39, 0.29) is 11.9 Å². The van der Waals surface area contributed by atoms with Gasteiger partial charge in [0.1, 0.15) is 5.82 Å². The van der Waals surface area contributed by atoms with Crippen LogP contribution >= 0.6 is 0 Å². The Bertz CT molecular complexity index is 471. The van der Waals surface area contributed by atoms with E-state index in [9.17, 15) is 4.39 Å². The molecule has 17 heavy (non-hydrogen) atoms. The largest absolute Gasteiger partial charge is 0.324 e. The minimum absolute atomic E-state index is 0.279. The van der Waals surface area contributed by atoms with Gasteiger partial charge in [-0.2, -0.15) is 0 Å². The molecule has 0 radical (unpaired) electrons. The smallest absolute Gasteiger partial charge is 0.146 e. The van der Waals surface area contributed by atoms with Crippen molar-refractivity contribution in [3.8, 4) is 0 Å². The van der Waals surface area contributed by atoms with Crippen molar-refractivity contribution in [1.82, 2.24) is 4.98 Å². The van der Waals surface area contributed by atoms with E-state index >= 15 is 0 Å². The van der Waals surface area contributed by atoms with Crippen molar-refractivity contribution < 1.29 is 4.39 Å². The summed E-state index contributed by atoms with van der Waals surface area (Å²) in [5.74, 6) is -0.326. The normalized spacial score (nSPS) is 12.4. The van der Waals surface area contributed by atoms with E-state index in [1.165, 1.54) is 11.8 Å². The van der Waals surface area contributed by atoms with Gasteiger partial charge in [-0.3, -0.25) is 4.98 Å². The highest BCUT2D eigenvalue weighted by molar-refractivity contribution is 5.19. The van der Waals surface area contributed by atoms with E-state index < -0.39 is 0 Å². The first-order chi connectivity index (χ1) is 8.27. The molecule has 2 N–H and O–H groups in total. The van der Waals surface area contributed by atoms with Gasteiger partial charge in [0.15, 0.2) is 0 Å². The molecule has 0 fully saturated rings. The van der Waals surface area contributed by atoms with Crippen LogP contribution in [0.15, 0.2) is 48.8 Å². The molecule has 0 aliphatic heterocycles. The molecule has 2 nitrogen and oxygen atoms in total. The number of hydrogen-bond donors (Lipinski definition) is 1. The zero-order chi connectivity index (χ0) is 12.1. The quantitative estimate of drug-likeness (QED) is 0.877.